The summed E-state index contributed by atoms with van der Waals surface area (Å²) in [5.41, 5.74) is 2.48. The van der Waals surface area contributed by atoms with E-state index in [1.165, 1.54) is 11.4 Å². The molecule has 0 aromatic heterocycles. The van der Waals surface area contributed by atoms with Crippen molar-refractivity contribution in [1.82, 2.24) is 9.62 Å². The molecule has 3 aromatic rings. The third kappa shape index (κ3) is 6.23. The van der Waals surface area contributed by atoms with Gasteiger partial charge < -0.3 is 19.7 Å². The maximum absolute atomic E-state index is 14.0. The van der Waals surface area contributed by atoms with Gasteiger partial charge in [0.05, 0.1) is 25.3 Å². The van der Waals surface area contributed by atoms with E-state index in [0.717, 1.165) is 11.1 Å². The molecule has 216 valence electrons. The number of ether oxygens (including phenoxy) is 2. The topological polar surface area (TPSA) is 105 Å². The molecule has 3 aromatic carbocycles. The van der Waals surface area contributed by atoms with Crippen LogP contribution in [0.15, 0.2) is 77.7 Å². The number of nitrogens with zero attached hydrogens (tertiary/aromatic N) is 2. The average molecular weight is 578 g/mol. The first-order valence-electron chi connectivity index (χ1n) is 13.8. The second-order valence-corrected chi connectivity index (χ2v) is 12.3. The van der Waals surface area contributed by atoms with Crippen LogP contribution in [0.25, 0.3) is 0 Å². The van der Waals surface area contributed by atoms with Crippen molar-refractivity contribution in [2.75, 3.05) is 38.2 Å². The molecule has 1 N–H and O–H groups in total. The smallest absolute Gasteiger partial charge is 0.262 e. The standard InChI is InChI=1S/C31H35N3O6S/c1-22-14-15-27(39-2)29(19-22)41(37,38)33-18-8-11-24(20-33)31(36)34-21-28(40-26-13-7-6-12-25(26)34)30(35)32-17-16-23-9-4-3-5-10-23/h3-7,9-10,12-15,19,24,28H,8,11,16-18,20-21H2,1-2H3,(H,32,35)/t24-,28-/m1/s1. The predicted molar refractivity (Wildman–Crippen MR) is 156 cm³/mol. The summed E-state index contributed by atoms with van der Waals surface area (Å²) in [6, 6.07) is 22.0. The Kier molecular flexibility index (Phi) is 8.60. The van der Waals surface area contributed by atoms with Crippen LogP contribution in [0.5, 0.6) is 11.5 Å². The van der Waals surface area contributed by atoms with Gasteiger partial charge in [-0.25, -0.2) is 8.42 Å². The summed E-state index contributed by atoms with van der Waals surface area (Å²) in [6.45, 7) is 2.67. The summed E-state index contributed by atoms with van der Waals surface area (Å²) in [5.74, 6) is -0.374. The lowest BCUT2D eigenvalue weighted by Gasteiger charge is -2.38. The molecule has 0 radical (unpaired) electrons. The van der Waals surface area contributed by atoms with Gasteiger partial charge >= 0.3 is 0 Å². The van der Waals surface area contributed by atoms with Crippen molar-refractivity contribution in [2.45, 2.75) is 37.2 Å². The second kappa shape index (κ2) is 12.3. The number of aryl methyl sites for hydroxylation is 1. The number of piperidine rings is 1. The molecule has 2 aliphatic heterocycles. The molecule has 9 nitrogen and oxygen atoms in total. The first-order chi connectivity index (χ1) is 19.8. The molecule has 5 rings (SSSR count). The Bertz CT molecular complexity index is 1510. The van der Waals surface area contributed by atoms with E-state index in [4.69, 9.17) is 9.47 Å². The number of sulfonamides is 1. The van der Waals surface area contributed by atoms with E-state index in [2.05, 4.69) is 5.32 Å². The summed E-state index contributed by atoms with van der Waals surface area (Å²) in [7, 11) is -2.45. The molecule has 41 heavy (non-hydrogen) atoms. The number of para-hydroxylation sites is 2. The van der Waals surface area contributed by atoms with Gasteiger partial charge in [0.2, 0.25) is 15.9 Å². The van der Waals surface area contributed by atoms with Crippen LogP contribution in [-0.2, 0) is 26.0 Å². The Labute approximate surface area is 241 Å². The van der Waals surface area contributed by atoms with Crippen LogP contribution in [0.4, 0.5) is 5.69 Å². The number of benzene rings is 3. The number of nitrogens with one attached hydrogen (secondary N) is 1. The van der Waals surface area contributed by atoms with Gasteiger partial charge in [-0.1, -0.05) is 48.5 Å². The monoisotopic (exact) mass is 577 g/mol. The Balaban J connectivity index is 1.31. The van der Waals surface area contributed by atoms with E-state index in [1.54, 1.807) is 41.3 Å². The fourth-order valence-corrected chi connectivity index (χ4v) is 7.14. The molecular formula is C31H35N3O6S. The maximum Gasteiger partial charge on any atom is 0.262 e. The number of rotatable bonds is 8. The molecule has 0 unspecified atom stereocenters. The van der Waals surface area contributed by atoms with Gasteiger partial charge in [-0.3, -0.25) is 9.59 Å². The van der Waals surface area contributed by atoms with E-state index >= 15 is 0 Å². The zero-order valence-electron chi connectivity index (χ0n) is 23.3. The highest BCUT2D eigenvalue weighted by molar-refractivity contribution is 7.89. The minimum Gasteiger partial charge on any atom is -0.495 e. The maximum atomic E-state index is 14.0. The molecule has 0 bridgehead atoms. The van der Waals surface area contributed by atoms with E-state index in [0.29, 0.717) is 43.8 Å². The van der Waals surface area contributed by atoms with E-state index in [1.807, 2.05) is 43.3 Å². The van der Waals surface area contributed by atoms with Gasteiger partial charge in [-0.05, 0) is 61.6 Å². The summed E-state index contributed by atoms with van der Waals surface area (Å²) < 4.78 is 40.0. The lowest BCUT2D eigenvalue weighted by atomic mass is 9.97. The van der Waals surface area contributed by atoms with Crippen LogP contribution < -0.4 is 19.7 Å². The predicted octanol–water partition coefficient (Wildman–Crippen LogP) is 3.56. The van der Waals surface area contributed by atoms with Crippen LogP contribution in [-0.4, -0.2) is 63.9 Å². The van der Waals surface area contributed by atoms with Gasteiger partial charge in [-0.15, -0.1) is 0 Å². The van der Waals surface area contributed by atoms with Crippen LogP contribution in [0.3, 0.4) is 0 Å². The zero-order chi connectivity index (χ0) is 29.0. The van der Waals surface area contributed by atoms with Gasteiger partial charge in [0, 0.05) is 19.6 Å². The second-order valence-electron chi connectivity index (χ2n) is 10.4. The molecular weight excluding hydrogens is 542 g/mol. The average Bonchev–Trinajstić information content (AvgIpc) is 3.00. The third-order valence-corrected chi connectivity index (χ3v) is 9.44. The first kappa shape index (κ1) is 28.6. The quantitative estimate of drug-likeness (QED) is 0.439. The van der Waals surface area contributed by atoms with Crippen LogP contribution in [0.1, 0.15) is 24.0 Å². The van der Waals surface area contributed by atoms with Crippen LogP contribution >= 0.6 is 0 Å². The van der Waals surface area contributed by atoms with E-state index in [9.17, 15) is 18.0 Å². The van der Waals surface area contributed by atoms with Gasteiger partial charge in [0.1, 0.15) is 16.4 Å². The van der Waals surface area contributed by atoms with Gasteiger partial charge in [-0.2, -0.15) is 4.31 Å². The molecule has 10 heteroatoms. The fraction of sp³-hybridized carbons (Fsp3) is 0.355. The lowest BCUT2D eigenvalue weighted by Crippen LogP contribution is -2.54. The number of methoxy groups -OCH3 is 1. The van der Waals surface area contributed by atoms with Crippen molar-refractivity contribution in [3.63, 3.8) is 0 Å². The number of carbonyl (C=O) groups excluding carboxylic acids is 2. The minimum atomic E-state index is -3.89. The Morgan fingerprint density at radius 1 is 1.02 bits per heavy atom. The molecule has 1 fully saturated rings. The molecule has 0 spiro atoms. The van der Waals surface area contributed by atoms with Crippen molar-refractivity contribution < 1.29 is 27.5 Å². The number of anilines is 1. The van der Waals surface area contributed by atoms with Crippen LogP contribution in [0.2, 0.25) is 0 Å². The molecule has 0 saturated carbocycles. The van der Waals surface area contributed by atoms with Crippen molar-refractivity contribution >= 4 is 27.5 Å². The summed E-state index contributed by atoms with van der Waals surface area (Å²) >= 11 is 0. The highest BCUT2D eigenvalue weighted by Crippen LogP contribution is 2.36. The van der Waals surface area contributed by atoms with Crippen molar-refractivity contribution in [3.8, 4) is 11.5 Å². The summed E-state index contributed by atoms with van der Waals surface area (Å²) in [6.07, 6.45) is 0.878. The third-order valence-electron chi connectivity index (χ3n) is 7.56. The highest BCUT2D eigenvalue weighted by Gasteiger charge is 2.40. The SMILES string of the molecule is COc1ccc(C)cc1S(=O)(=O)N1CCC[C@@H](C(=O)N2C[C@H](C(=O)NCCc3ccccc3)Oc3ccccc32)C1. The summed E-state index contributed by atoms with van der Waals surface area (Å²) in [5, 5.41) is 2.93. The van der Waals surface area contributed by atoms with Gasteiger partial charge in [0.25, 0.3) is 5.91 Å². The van der Waals surface area contributed by atoms with Crippen molar-refractivity contribution in [3.05, 3.63) is 83.9 Å². The molecule has 2 amide bonds. The molecule has 1 saturated heterocycles. The Morgan fingerprint density at radius 3 is 2.56 bits per heavy atom. The zero-order valence-corrected chi connectivity index (χ0v) is 24.1. The van der Waals surface area contributed by atoms with Gasteiger partial charge in [0.15, 0.2) is 6.10 Å². The van der Waals surface area contributed by atoms with E-state index in [-0.39, 0.29) is 35.5 Å². The molecule has 2 atom stereocenters. The number of carbonyl (C=O) groups is 2. The summed E-state index contributed by atoms with van der Waals surface area (Å²) in [4.78, 5) is 28.7. The Morgan fingerprint density at radius 2 is 1.78 bits per heavy atom. The lowest BCUT2D eigenvalue weighted by molar-refractivity contribution is -0.129. The number of hydrogen-bond acceptors (Lipinski definition) is 6. The largest absolute Gasteiger partial charge is 0.495 e. The van der Waals surface area contributed by atoms with Crippen LogP contribution in [0, 0.1) is 12.8 Å². The fourth-order valence-electron chi connectivity index (χ4n) is 5.38. The molecule has 0 aliphatic carbocycles. The number of fused-ring (bicyclic) bond motifs is 1. The Hall–Kier alpha value is -3.89. The van der Waals surface area contributed by atoms with Crippen molar-refractivity contribution in [2.24, 2.45) is 5.92 Å². The normalized spacial score (nSPS) is 19.1. The number of amides is 2. The minimum absolute atomic E-state index is 0.0436. The first-order valence-corrected chi connectivity index (χ1v) is 15.3. The highest BCUT2D eigenvalue weighted by atomic mass is 32.2. The molecule has 2 aliphatic rings. The molecule has 2 heterocycles. The van der Waals surface area contributed by atoms with E-state index < -0.39 is 22.0 Å². The van der Waals surface area contributed by atoms with Crippen molar-refractivity contribution in [1.29, 1.82) is 0 Å². The number of hydrogen-bond donors (Lipinski definition) is 1.